The van der Waals surface area contributed by atoms with Crippen molar-refractivity contribution in [3.63, 3.8) is 0 Å². The molecule has 0 radical (unpaired) electrons. The molecule has 0 N–H and O–H groups in total. The summed E-state index contributed by atoms with van der Waals surface area (Å²) < 4.78 is 6.25. The minimum absolute atomic E-state index is 0.394. The summed E-state index contributed by atoms with van der Waals surface area (Å²) in [5.41, 5.74) is 2.07. The Balaban J connectivity index is 2.72. The average molecular weight is 191 g/mol. The molecule has 0 aromatic carbocycles. The molecule has 72 valence electrons. The fraction of sp³-hybridized carbons (Fsp3) is 0.222. The van der Waals surface area contributed by atoms with Gasteiger partial charge >= 0.3 is 5.97 Å². The third kappa shape index (κ3) is 1.14. The van der Waals surface area contributed by atoms with E-state index in [9.17, 15) is 4.79 Å². The van der Waals surface area contributed by atoms with Crippen molar-refractivity contribution in [1.29, 1.82) is 0 Å². The zero-order valence-corrected chi connectivity index (χ0v) is 7.89. The van der Waals surface area contributed by atoms with Gasteiger partial charge in [0, 0.05) is 0 Å². The molecule has 0 spiro atoms. The van der Waals surface area contributed by atoms with Crippen LogP contribution in [0.1, 0.15) is 16.1 Å². The molecule has 0 aliphatic heterocycles. The predicted octanol–water partition coefficient (Wildman–Crippen LogP) is 0.824. The summed E-state index contributed by atoms with van der Waals surface area (Å²) in [4.78, 5) is 11.3. The molecule has 0 saturated carbocycles. The maximum Gasteiger partial charge on any atom is 0.355 e. The van der Waals surface area contributed by atoms with Crippen molar-refractivity contribution in [2.24, 2.45) is 0 Å². The Morgan fingerprint density at radius 1 is 1.50 bits per heavy atom. The van der Waals surface area contributed by atoms with Crippen LogP contribution < -0.4 is 0 Å². The number of hydrogen-bond acceptors (Lipinski definition) is 4. The van der Waals surface area contributed by atoms with Gasteiger partial charge in [-0.05, 0) is 18.6 Å². The van der Waals surface area contributed by atoms with Gasteiger partial charge in [0.1, 0.15) is 12.0 Å². The van der Waals surface area contributed by atoms with Crippen LogP contribution in [-0.2, 0) is 4.74 Å². The van der Waals surface area contributed by atoms with Gasteiger partial charge < -0.3 is 4.74 Å². The largest absolute Gasteiger partial charge is 0.464 e. The standard InChI is InChI=1S/C9H9N3O2/c1-6-3-4-7(9(13)14-2)12-5-10-11-8(6)12/h3-5H,1-2H3. The zero-order valence-electron chi connectivity index (χ0n) is 7.89. The number of methoxy groups -OCH3 is 1. The second kappa shape index (κ2) is 3.10. The Kier molecular flexibility index (Phi) is 1.92. The van der Waals surface area contributed by atoms with Gasteiger partial charge in [-0.3, -0.25) is 4.40 Å². The summed E-state index contributed by atoms with van der Waals surface area (Å²) in [6.45, 7) is 1.91. The van der Waals surface area contributed by atoms with Crippen molar-refractivity contribution in [2.45, 2.75) is 6.92 Å². The number of rotatable bonds is 1. The van der Waals surface area contributed by atoms with E-state index in [0.717, 1.165) is 5.56 Å². The van der Waals surface area contributed by atoms with Crippen LogP contribution in [0.3, 0.4) is 0 Å². The highest BCUT2D eigenvalue weighted by Gasteiger charge is 2.11. The van der Waals surface area contributed by atoms with Crippen LogP contribution >= 0.6 is 0 Å². The number of esters is 1. The fourth-order valence-corrected chi connectivity index (χ4v) is 1.31. The van der Waals surface area contributed by atoms with Crippen LogP contribution in [0.25, 0.3) is 5.65 Å². The highest BCUT2D eigenvalue weighted by Crippen LogP contribution is 2.10. The summed E-state index contributed by atoms with van der Waals surface area (Å²) >= 11 is 0. The van der Waals surface area contributed by atoms with Crippen molar-refractivity contribution in [1.82, 2.24) is 14.6 Å². The van der Waals surface area contributed by atoms with E-state index in [4.69, 9.17) is 0 Å². The zero-order chi connectivity index (χ0) is 10.1. The van der Waals surface area contributed by atoms with Gasteiger partial charge in [0.05, 0.1) is 7.11 Å². The van der Waals surface area contributed by atoms with E-state index in [0.29, 0.717) is 11.3 Å². The Hall–Kier alpha value is -1.91. The van der Waals surface area contributed by atoms with Gasteiger partial charge in [-0.2, -0.15) is 0 Å². The van der Waals surface area contributed by atoms with Crippen molar-refractivity contribution >= 4 is 11.6 Å². The SMILES string of the molecule is COC(=O)c1ccc(C)c2nncn12. The highest BCUT2D eigenvalue weighted by molar-refractivity contribution is 5.88. The summed E-state index contributed by atoms with van der Waals surface area (Å²) in [5.74, 6) is -0.394. The molecule has 0 saturated heterocycles. The van der Waals surface area contributed by atoms with E-state index in [1.54, 1.807) is 10.5 Å². The van der Waals surface area contributed by atoms with Gasteiger partial charge in [0.15, 0.2) is 5.65 Å². The van der Waals surface area contributed by atoms with E-state index in [-0.39, 0.29) is 0 Å². The van der Waals surface area contributed by atoms with Gasteiger partial charge in [-0.15, -0.1) is 10.2 Å². The number of carbonyl (C=O) groups is 1. The summed E-state index contributed by atoms with van der Waals surface area (Å²) in [6, 6.07) is 3.51. The number of pyridine rings is 1. The minimum Gasteiger partial charge on any atom is -0.464 e. The van der Waals surface area contributed by atoms with Gasteiger partial charge in [0.2, 0.25) is 0 Å². The highest BCUT2D eigenvalue weighted by atomic mass is 16.5. The topological polar surface area (TPSA) is 56.5 Å². The molecule has 5 nitrogen and oxygen atoms in total. The van der Waals surface area contributed by atoms with E-state index >= 15 is 0 Å². The molecule has 2 aromatic heterocycles. The predicted molar refractivity (Wildman–Crippen MR) is 49.1 cm³/mol. The van der Waals surface area contributed by atoms with Crippen LogP contribution in [0.15, 0.2) is 18.5 Å². The third-order valence-corrected chi connectivity index (χ3v) is 2.05. The lowest BCUT2D eigenvalue weighted by molar-refractivity contribution is 0.0592. The Bertz CT molecular complexity index is 490. The lowest BCUT2D eigenvalue weighted by atomic mass is 10.2. The first-order valence-electron chi connectivity index (χ1n) is 4.11. The minimum atomic E-state index is -0.394. The van der Waals surface area contributed by atoms with Gasteiger partial charge in [-0.25, -0.2) is 4.79 Å². The van der Waals surface area contributed by atoms with E-state index < -0.39 is 5.97 Å². The lowest BCUT2D eigenvalue weighted by Crippen LogP contribution is -2.07. The van der Waals surface area contributed by atoms with Crippen molar-refractivity contribution < 1.29 is 9.53 Å². The van der Waals surface area contributed by atoms with Crippen LogP contribution in [0.2, 0.25) is 0 Å². The number of hydrogen-bond donors (Lipinski definition) is 0. The first-order valence-corrected chi connectivity index (χ1v) is 4.11. The summed E-state index contributed by atoms with van der Waals surface area (Å²) in [5, 5.41) is 7.65. The number of fused-ring (bicyclic) bond motifs is 1. The Labute approximate surface area is 80.3 Å². The normalized spacial score (nSPS) is 10.4. The molecular formula is C9H9N3O2. The van der Waals surface area contributed by atoms with E-state index in [1.165, 1.54) is 13.4 Å². The molecule has 0 aliphatic carbocycles. The molecule has 2 rings (SSSR count). The summed E-state index contributed by atoms with van der Waals surface area (Å²) in [7, 11) is 1.35. The molecule has 0 aliphatic rings. The average Bonchev–Trinajstić information content (AvgIpc) is 2.67. The monoisotopic (exact) mass is 191 g/mol. The van der Waals surface area contributed by atoms with E-state index in [1.807, 2.05) is 13.0 Å². The molecule has 0 amide bonds. The fourth-order valence-electron chi connectivity index (χ4n) is 1.31. The molecule has 2 heterocycles. The second-order valence-corrected chi connectivity index (χ2v) is 2.92. The van der Waals surface area contributed by atoms with Crippen LogP contribution in [0, 0.1) is 6.92 Å². The lowest BCUT2D eigenvalue weighted by Gasteiger charge is -2.03. The molecule has 0 bridgehead atoms. The smallest absolute Gasteiger partial charge is 0.355 e. The second-order valence-electron chi connectivity index (χ2n) is 2.92. The van der Waals surface area contributed by atoms with Crippen molar-refractivity contribution in [3.8, 4) is 0 Å². The Morgan fingerprint density at radius 3 is 3.00 bits per heavy atom. The quantitative estimate of drug-likeness (QED) is 0.626. The number of nitrogens with zero attached hydrogens (tertiary/aromatic N) is 3. The number of aromatic nitrogens is 3. The van der Waals surface area contributed by atoms with Gasteiger partial charge in [0.25, 0.3) is 0 Å². The van der Waals surface area contributed by atoms with Crippen LogP contribution in [0.4, 0.5) is 0 Å². The third-order valence-electron chi connectivity index (χ3n) is 2.05. The molecule has 0 unspecified atom stereocenters. The van der Waals surface area contributed by atoms with Crippen molar-refractivity contribution in [2.75, 3.05) is 7.11 Å². The number of ether oxygens (including phenoxy) is 1. The Morgan fingerprint density at radius 2 is 2.29 bits per heavy atom. The molecule has 5 heteroatoms. The summed E-state index contributed by atoms with van der Waals surface area (Å²) in [6.07, 6.45) is 1.49. The molecule has 0 atom stereocenters. The van der Waals surface area contributed by atoms with Gasteiger partial charge in [-0.1, -0.05) is 6.07 Å². The van der Waals surface area contributed by atoms with Crippen molar-refractivity contribution in [3.05, 3.63) is 29.7 Å². The molecule has 14 heavy (non-hydrogen) atoms. The molecule has 2 aromatic rings. The maximum atomic E-state index is 11.3. The van der Waals surface area contributed by atoms with Crippen LogP contribution in [-0.4, -0.2) is 27.7 Å². The first-order chi connectivity index (χ1) is 6.74. The van der Waals surface area contributed by atoms with E-state index in [2.05, 4.69) is 14.9 Å². The first kappa shape index (κ1) is 8.68. The maximum absolute atomic E-state index is 11.3. The molecular weight excluding hydrogens is 182 g/mol. The van der Waals surface area contributed by atoms with Crippen LogP contribution in [0.5, 0.6) is 0 Å². The number of aryl methyl sites for hydroxylation is 1. The number of carbonyl (C=O) groups excluding carboxylic acids is 1. The molecule has 0 fully saturated rings.